The maximum Gasteiger partial charge on any atom is 0.339 e. The van der Waals surface area contributed by atoms with Crippen molar-refractivity contribution in [3.05, 3.63) is 29.3 Å². The molecule has 0 amide bonds. The van der Waals surface area contributed by atoms with Gasteiger partial charge in [-0.1, -0.05) is 6.07 Å². The fourth-order valence-corrected chi connectivity index (χ4v) is 1.21. The van der Waals surface area contributed by atoms with Crippen molar-refractivity contribution in [2.24, 2.45) is 0 Å². The zero-order valence-corrected chi connectivity index (χ0v) is 8.02. The van der Waals surface area contributed by atoms with Gasteiger partial charge in [0.1, 0.15) is 5.75 Å². The predicted octanol–water partition coefficient (Wildman–Crippen LogP) is 0.907. The summed E-state index contributed by atoms with van der Waals surface area (Å²) in [7, 11) is 1.21. The standard InChI is InChI=1S/C10H12O4/c1-6-5-7(11)3-4-8(6)9(12)10(13)14-2/h3-5,9,11-12H,1-2H3. The number of benzene rings is 1. The number of methoxy groups -OCH3 is 1. The van der Waals surface area contributed by atoms with Crippen molar-refractivity contribution in [1.82, 2.24) is 0 Å². The van der Waals surface area contributed by atoms with Crippen LogP contribution >= 0.6 is 0 Å². The molecule has 0 saturated carbocycles. The number of ether oxygens (including phenoxy) is 1. The van der Waals surface area contributed by atoms with Gasteiger partial charge in [0.15, 0.2) is 6.10 Å². The van der Waals surface area contributed by atoms with Gasteiger partial charge >= 0.3 is 5.97 Å². The number of aliphatic hydroxyl groups excluding tert-OH is 1. The molecule has 1 rings (SSSR count). The van der Waals surface area contributed by atoms with Crippen molar-refractivity contribution in [3.8, 4) is 5.75 Å². The number of phenols is 1. The number of esters is 1. The summed E-state index contributed by atoms with van der Waals surface area (Å²) in [5.74, 6) is -0.609. The van der Waals surface area contributed by atoms with Crippen LogP contribution in [0.5, 0.6) is 5.75 Å². The second-order valence-corrected chi connectivity index (χ2v) is 2.97. The van der Waals surface area contributed by atoms with Crippen LogP contribution in [-0.4, -0.2) is 23.3 Å². The highest BCUT2D eigenvalue weighted by Crippen LogP contribution is 2.22. The zero-order valence-electron chi connectivity index (χ0n) is 8.02. The number of phenolic OH excluding ortho intramolecular Hbond substituents is 1. The van der Waals surface area contributed by atoms with Crippen LogP contribution in [0.4, 0.5) is 0 Å². The molecule has 2 N–H and O–H groups in total. The lowest BCUT2D eigenvalue weighted by molar-refractivity contribution is -0.150. The van der Waals surface area contributed by atoms with E-state index in [-0.39, 0.29) is 5.75 Å². The van der Waals surface area contributed by atoms with Gasteiger partial charge in [-0.3, -0.25) is 0 Å². The van der Waals surface area contributed by atoms with Crippen molar-refractivity contribution < 1.29 is 19.7 Å². The van der Waals surface area contributed by atoms with Crippen LogP contribution in [0.1, 0.15) is 17.2 Å². The minimum Gasteiger partial charge on any atom is -0.508 e. The molecule has 0 saturated heterocycles. The molecule has 1 aromatic rings. The van der Waals surface area contributed by atoms with E-state index in [4.69, 9.17) is 5.11 Å². The van der Waals surface area contributed by atoms with Crippen LogP contribution in [-0.2, 0) is 9.53 Å². The van der Waals surface area contributed by atoms with Gasteiger partial charge in [-0.25, -0.2) is 4.79 Å². The van der Waals surface area contributed by atoms with Crippen molar-refractivity contribution in [2.45, 2.75) is 13.0 Å². The summed E-state index contributed by atoms with van der Waals surface area (Å²) >= 11 is 0. The van der Waals surface area contributed by atoms with Gasteiger partial charge in [0, 0.05) is 0 Å². The highest BCUT2D eigenvalue weighted by atomic mass is 16.5. The maximum atomic E-state index is 11.0. The second kappa shape index (κ2) is 4.11. The Morgan fingerprint density at radius 1 is 1.50 bits per heavy atom. The van der Waals surface area contributed by atoms with E-state index >= 15 is 0 Å². The number of hydrogen-bond acceptors (Lipinski definition) is 4. The van der Waals surface area contributed by atoms with Crippen molar-refractivity contribution in [2.75, 3.05) is 7.11 Å². The summed E-state index contributed by atoms with van der Waals surface area (Å²) < 4.78 is 4.40. The van der Waals surface area contributed by atoms with Gasteiger partial charge in [-0.2, -0.15) is 0 Å². The number of rotatable bonds is 2. The molecule has 14 heavy (non-hydrogen) atoms. The Morgan fingerprint density at radius 2 is 2.14 bits per heavy atom. The first-order valence-corrected chi connectivity index (χ1v) is 4.11. The van der Waals surface area contributed by atoms with Crippen LogP contribution < -0.4 is 0 Å². The van der Waals surface area contributed by atoms with Crippen LogP contribution in [0.15, 0.2) is 18.2 Å². The first kappa shape index (κ1) is 10.5. The van der Waals surface area contributed by atoms with Gasteiger partial charge in [0.05, 0.1) is 7.11 Å². The lowest BCUT2D eigenvalue weighted by atomic mass is 10.0. The molecule has 4 heteroatoms. The van der Waals surface area contributed by atoms with E-state index < -0.39 is 12.1 Å². The summed E-state index contributed by atoms with van der Waals surface area (Å²) in [5, 5.41) is 18.6. The third kappa shape index (κ3) is 2.03. The topological polar surface area (TPSA) is 66.8 Å². The van der Waals surface area contributed by atoms with Crippen molar-refractivity contribution in [1.29, 1.82) is 0 Å². The van der Waals surface area contributed by atoms with Gasteiger partial charge in [0.25, 0.3) is 0 Å². The summed E-state index contributed by atoms with van der Waals surface area (Å²) in [4.78, 5) is 11.0. The first-order chi connectivity index (χ1) is 6.56. The van der Waals surface area contributed by atoms with E-state index in [1.165, 1.54) is 25.3 Å². The predicted molar refractivity (Wildman–Crippen MR) is 49.8 cm³/mol. The SMILES string of the molecule is COC(=O)C(O)c1ccc(O)cc1C. The number of aliphatic hydroxyl groups is 1. The molecule has 4 nitrogen and oxygen atoms in total. The fourth-order valence-electron chi connectivity index (χ4n) is 1.21. The average molecular weight is 196 g/mol. The smallest absolute Gasteiger partial charge is 0.339 e. The second-order valence-electron chi connectivity index (χ2n) is 2.97. The Bertz CT molecular complexity index is 346. The summed E-state index contributed by atoms with van der Waals surface area (Å²) in [6.07, 6.45) is -1.29. The Hall–Kier alpha value is -1.55. The van der Waals surface area contributed by atoms with Gasteiger partial charge < -0.3 is 14.9 Å². The minimum atomic E-state index is -1.29. The van der Waals surface area contributed by atoms with E-state index in [1.807, 2.05) is 0 Å². The van der Waals surface area contributed by atoms with E-state index in [9.17, 15) is 9.90 Å². The molecule has 76 valence electrons. The average Bonchev–Trinajstić information content (AvgIpc) is 2.15. The lowest BCUT2D eigenvalue weighted by Crippen LogP contribution is -2.14. The molecule has 1 unspecified atom stereocenters. The van der Waals surface area contributed by atoms with Crippen LogP contribution in [0.3, 0.4) is 0 Å². The molecule has 0 spiro atoms. The fraction of sp³-hybridized carbons (Fsp3) is 0.300. The molecular weight excluding hydrogens is 184 g/mol. The molecule has 0 aliphatic carbocycles. The minimum absolute atomic E-state index is 0.100. The van der Waals surface area contributed by atoms with Gasteiger partial charge in [0.2, 0.25) is 0 Å². The number of aromatic hydroxyl groups is 1. The lowest BCUT2D eigenvalue weighted by Gasteiger charge is -2.11. The molecule has 0 heterocycles. The van der Waals surface area contributed by atoms with Crippen LogP contribution in [0.2, 0.25) is 0 Å². The number of carbonyl (C=O) groups excluding carboxylic acids is 1. The molecule has 1 aromatic carbocycles. The quantitative estimate of drug-likeness (QED) is 0.690. The normalized spacial score (nSPS) is 12.2. The monoisotopic (exact) mass is 196 g/mol. The summed E-state index contributed by atoms with van der Waals surface area (Å²) in [6, 6.07) is 4.38. The van der Waals surface area contributed by atoms with Crippen LogP contribution in [0.25, 0.3) is 0 Å². The van der Waals surface area contributed by atoms with E-state index in [1.54, 1.807) is 6.92 Å². The summed E-state index contributed by atoms with van der Waals surface area (Å²) in [6.45, 7) is 1.70. The molecular formula is C10H12O4. The maximum absolute atomic E-state index is 11.0. The molecule has 1 atom stereocenters. The molecule has 0 aromatic heterocycles. The molecule has 0 bridgehead atoms. The number of aryl methyl sites for hydroxylation is 1. The third-order valence-electron chi connectivity index (χ3n) is 1.97. The zero-order chi connectivity index (χ0) is 10.7. The van der Waals surface area contributed by atoms with Gasteiger partial charge in [-0.15, -0.1) is 0 Å². The molecule has 0 aliphatic rings. The number of carbonyl (C=O) groups is 1. The summed E-state index contributed by atoms with van der Waals surface area (Å²) in [5.41, 5.74) is 1.08. The Balaban J connectivity index is 3.01. The van der Waals surface area contributed by atoms with Crippen LogP contribution in [0, 0.1) is 6.92 Å². The first-order valence-electron chi connectivity index (χ1n) is 4.11. The van der Waals surface area contributed by atoms with E-state index in [0.29, 0.717) is 11.1 Å². The Labute approximate surface area is 81.8 Å². The van der Waals surface area contributed by atoms with Gasteiger partial charge in [-0.05, 0) is 30.2 Å². The molecule has 0 aliphatic heterocycles. The number of hydrogen-bond donors (Lipinski definition) is 2. The van der Waals surface area contributed by atoms with Crippen molar-refractivity contribution in [3.63, 3.8) is 0 Å². The third-order valence-corrected chi connectivity index (χ3v) is 1.97. The highest BCUT2D eigenvalue weighted by Gasteiger charge is 2.19. The van der Waals surface area contributed by atoms with Crippen molar-refractivity contribution >= 4 is 5.97 Å². The van der Waals surface area contributed by atoms with E-state index in [0.717, 1.165) is 0 Å². The Kier molecular flexibility index (Phi) is 3.09. The highest BCUT2D eigenvalue weighted by molar-refractivity contribution is 5.76. The molecule has 0 radical (unpaired) electrons. The molecule has 0 fully saturated rings. The largest absolute Gasteiger partial charge is 0.508 e. The van der Waals surface area contributed by atoms with E-state index in [2.05, 4.69) is 4.74 Å². The Morgan fingerprint density at radius 3 is 2.64 bits per heavy atom.